The second kappa shape index (κ2) is 11.1. The molecule has 1 amide bonds. The van der Waals surface area contributed by atoms with Gasteiger partial charge in [-0.1, -0.05) is 6.07 Å². The third-order valence-corrected chi connectivity index (χ3v) is 6.52. The lowest BCUT2D eigenvalue weighted by atomic mass is 10.2. The summed E-state index contributed by atoms with van der Waals surface area (Å²) in [4.78, 5) is 28.4. The predicted octanol–water partition coefficient (Wildman–Crippen LogP) is 2.61. The number of nitrogens with zero attached hydrogens (tertiary/aromatic N) is 7. The van der Waals surface area contributed by atoms with Crippen LogP contribution >= 0.6 is 0 Å². The summed E-state index contributed by atoms with van der Waals surface area (Å²) in [6.07, 6.45) is 3.31. The van der Waals surface area contributed by atoms with Gasteiger partial charge < -0.3 is 20.5 Å². The second-order valence-electron chi connectivity index (χ2n) is 9.28. The van der Waals surface area contributed by atoms with Crippen molar-refractivity contribution in [1.82, 2.24) is 40.0 Å². The Morgan fingerprint density at radius 1 is 1.12 bits per heavy atom. The van der Waals surface area contributed by atoms with E-state index in [1.165, 1.54) is 0 Å². The number of hydrogen-bond donors (Lipinski definition) is 2. The van der Waals surface area contributed by atoms with Crippen LogP contribution in [-0.2, 0) is 4.74 Å². The largest absolute Gasteiger partial charge is 0.439 e. The number of nitrogen functional groups attached to an aromatic ring is 1. The smallest absolute Gasteiger partial charge is 0.251 e. The number of carbonyl (C=O) groups is 1. The number of nitrogens with two attached hydrogens (primary N) is 1. The summed E-state index contributed by atoms with van der Waals surface area (Å²) < 4.78 is 18.1. The minimum atomic E-state index is -0.170. The van der Waals surface area contributed by atoms with Crippen LogP contribution in [0.1, 0.15) is 16.1 Å². The van der Waals surface area contributed by atoms with E-state index in [4.69, 9.17) is 19.8 Å². The number of aromatic nitrogens is 6. The second-order valence-corrected chi connectivity index (χ2v) is 9.28. The minimum absolute atomic E-state index is 0.117. The fourth-order valence-electron chi connectivity index (χ4n) is 4.53. The molecule has 1 saturated heterocycles. The molecule has 0 radical (unpaired) electrons. The zero-order chi connectivity index (χ0) is 27.5. The Morgan fingerprint density at radius 2 is 2.00 bits per heavy atom. The number of benzene rings is 1. The number of pyridine rings is 2. The number of carbonyl (C=O) groups excluding carboxylic acids is 1. The van der Waals surface area contributed by atoms with Crippen LogP contribution in [0.3, 0.4) is 0 Å². The van der Waals surface area contributed by atoms with Crippen molar-refractivity contribution in [1.29, 1.82) is 0 Å². The Bertz CT molecular complexity index is 1660. The van der Waals surface area contributed by atoms with Gasteiger partial charge >= 0.3 is 0 Å². The molecule has 0 bridgehead atoms. The van der Waals surface area contributed by atoms with Crippen molar-refractivity contribution in [2.45, 2.75) is 6.92 Å². The van der Waals surface area contributed by atoms with Gasteiger partial charge in [0.25, 0.3) is 5.91 Å². The van der Waals surface area contributed by atoms with Gasteiger partial charge in [-0.15, -0.1) is 0 Å². The molecule has 0 spiro atoms. The van der Waals surface area contributed by atoms with Crippen molar-refractivity contribution in [3.8, 4) is 28.8 Å². The number of anilines is 1. The molecule has 4 aromatic heterocycles. The van der Waals surface area contributed by atoms with Gasteiger partial charge in [0.2, 0.25) is 5.88 Å². The van der Waals surface area contributed by atoms with E-state index in [-0.39, 0.29) is 11.7 Å². The number of morpholine rings is 1. The monoisotopic (exact) mass is 541 g/mol. The van der Waals surface area contributed by atoms with Gasteiger partial charge in [0.15, 0.2) is 17.3 Å². The van der Waals surface area contributed by atoms with Crippen molar-refractivity contribution in [2.75, 3.05) is 45.1 Å². The summed E-state index contributed by atoms with van der Waals surface area (Å²) in [5.41, 5.74) is 9.70. The summed E-state index contributed by atoms with van der Waals surface area (Å²) in [5, 5.41) is 10.6. The summed E-state index contributed by atoms with van der Waals surface area (Å²) in [7, 11) is 0. The molecule has 1 aliphatic rings. The number of imidazole rings is 1. The Labute approximate surface area is 228 Å². The Hall–Kier alpha value is -4.88. The normalized spacial score (nSPS) is 13.9. The van der Waals surface area contributed by atoms with Crippen LogP contribution in [0.5, 0.6) is 11.6 Å². The molecule has 1 fully saturated rings. The number of amides is 1. The molecule has 0 unspecified atom stereocenters. The van der Waals surface area contributed by atoms with Gasteiger partial charge in [0.05, 0.1) is 30.6 Å². The highest BCUT2D eigenvalue weighted by Gasteiger charge is 2.21. The van der Waals surface area contributed by atoms with Crippen molar-refractivity contribution in [2.24, 2.45) is 0 Å². The lowest BCUT2D eigenvalue weighted by Gasteiger charge is -2.26. The minimum Gasteiger partial charge on any atom is -0.439 e. The molecule has 6 rings (SSSR count). The first-order valence-electron chi connectivity index (χ1n) is 12.8. The van der Waals surface area contributed by atoms with Crippen LogP contribution in [-0.4, -0.2) is 80.0 Å². The third-order valence-electron chi connectivity index (χ3n) is 6.52. The Morgan fingerprint density at radius 3 is 2.80 bits per heavy atom. The van der Waals surface area contributed by atoms with E-state index in [9.17, 15) is 4.79 Å². The van der Waals surface area contributed by atoms with Crippen LogP contribution in [0.15, 0.2) is 59.5 Å². The molecule has 0 atom stereocenters. The standard InChI is InChI=1S/C27H27N9O4/c1-17-13-19(5-6-29-17)36-22-15-23(31-16-21(22)32-26(36)24-25(28)34-40-33-24)39-20-4-2-3-18(14-20)27(37)30-7-8-35-9-11-38-12-10-35/h2-6,13-16H,7-12H2,1H3,(H2,28,34)(H,30,37). The number of nitrogens with one attached hydrogen (secondary N) is 1. The van der Waals surface area contributed by atoms with Crippen molar-refractivity contribution in [3.05, 3.63) is 66.1 Å². The summed E-state index contributed by atoms with van der Waals surface area (Å²) in [5.74, 6) is 1.18. The lowest BCUT2D eigenvalue weighted by Crippen LogP contribution is -2.41. The molecule has 1 aromatic carbocycles. The van der Waals surface area contributed by atoms with Crippen LogP contribution < -0.4 is 15.8 Å². The molecule has 1 aliphatic heterocycles. The first-order chi connectivity index (χ1) is 19.5. The van der Waals surface area contributed by atoms with Gasteiger partial charge in [-0.2, -0.15) is 0 Å². The highest BCUT2D eigenvalue weighted by Crippen LogP contribution is 2.32. The molecule has 0 saturated carbocycles. The van der Waals surface area contributed by atoms with Gasteiger partial charge in [0.1, 0.15) is 11.3 Å². The van der Waals surface area contributed by atoms with Crippen LogP contribution in [0.2, 0.25) is 0 Å². The molecule has 204 valence electrons. The lowest BCUT2D eigenvalue weighted by molar-refractivity contribution is 0.0383. The molecular formula is C27H27N9O4. The summed E-state index contributed by atoms with van der Waals surface area (Å²) in [6.45, 7) is 6.43. The maximum atomic E-state index is 12.8. The van der Waals surface area contributed by atoms with E-state index < -0.39 is 0 Å². The van der Waals surface area contributed by atoms with Gasteiger partial charge in [-0.3, -0.25) is 19.2 Å². The first-order valence-corrected chi connectivity index (χ1v) is 12.8. The fourth-order valence-corrected chi connectivity index (χ4v) is 4.53. The average molecular weight is 542 g/mol. The van der Waals surface area contributed by atoms with Gasteiger partial charge in [-0.25, -0.2) is 14.6 Å². The highest BCUT2D eigenvalue weighted by molar-refractivity contribution is 5.94. The van der Waals surface area contributed by atoms with E-state index in [0.717, 1.165) is 44.2 Å². The third kappa shape index (κ3) is 5.32. The zero-order valence-electron chi connectivity index (χ0n) is 21.8. The van der Waals surface area contributed by atoms with E-state index in [2.05, 4.69) is 35.5 Å². The van der Waals surface area contributed by atoms with Crippen molar-refractivity contribution < 1.29 is 18.9 Å². The highest BCUT2D eigenvalue weighted by atomic mass is 16.6. The zero-order valence-corrected chi connectivity index (χ0v) is 21.8. The molecule has 13 nitrogen and oxygen atoms in total. The van der Waals surface area contributed by atoms with Crippen LogP contribution in [0.25, 0.3) is 28.2 Å². The van der Waals surface area contributed by atoms with Gasteiger partial charge in [0, 0.05) is 49.7 Å². The number of ether oxygens (including phenoxy) is 2. The molecule has 5 heterocycles. The molecule has 40 heavy (non-hydrogen) atoms. The average Bonchev–Trinajstić information content (AvgIpc) is 3.56. The maximum Gasteiger partial charge on any atom is 0.251 e. The SMILES string of the molecule is Cc1cc(-n2c(-c3nonc3N)nc3cnc(Oc4cccc(C(=O)NCCN5CCOCC5)c4)cc32)ccn1. The van der Waals surface area contributed by atoms with Crippen LogP contribution in [0.4, 0.5) is 5.82 Å². The Kier molecular flexibility index (Phi) is 7.04. The topological polar surface area (TPSA) is 159 Å². The summed E-state index contributed by atoms with van der Waals surface area (Å²) >= 11 is 0. The van der Waals surface area contributed by atoms with Crippen LogP contribution in [0, 0.1) is 6.92 Å². The molecule has 13 heteroatoms. The molecular weight excluding hydrogens is 514 g/mol. The first kappa shape index (κ1) is 25.4. The maximum absolute atomic E-state index is 12.8. The predicted molar refractivity (Wildman–Crippen MR) is 145 cm³/mol. The molecule has 0 aliphatic carbocycles. The quantitative estimate of drug-likeness (QED) is 0.297. The van der Waals surface area contributed by atoms with E-state index >= 15 is 0 Å². The number of rotatable bonds is 8. The van der Waals surface area contributed by atoms with Gasteiger partial charge in [-0.05, 0) is 47.6 Å². The molecule has 5 aromatic rings. The van der Waals surface area contributed by atoms with E-state index in [0.29, 0.717) is 46.3 Å². The number of hydrogen-bond acceptors (Lipinski definition) is 11. The van der Waals surface area contributed by atoms with Crippen molar-refractivity contribution >= 4 is 22.8 Å². The fraction of sp³-hybridized carbons (Fsp3) is 0.259. The van der Waals surface area contributed by atoms with E-state index in [1.54, 1.807) is 42.7 Å². The number of aryl methyl sites for hydroxylation is 1. The van der Waals surface area contributed by atoms with Crippen molar-refractivity contribution in [3.63, 3.8) is 0 Å². The number of fused-ring (bicyclic) bond motifs is 1. The summed E-state index contributed by atoms with van der Waals surface area (Å²) in [6, 6.07) is 12.5. The van der Waals surface area contributed by atoms with E-state index in [1.807, 2.05) is 23.6 Å². The molecule has 3 N–H and O–H groups in total. The Balaban J connectivity index is 1.26.